The van der Waals surface area contributed by atoms with Gasteiger partial charge in [0.2, 0.25) is 0 Å². The highest BCUT2D eigenvalue weighted by Gasteiger charge is 2.54. The maximum atomic E-state index is 12.7. The number of pyridine rings is 1. The third-order valence-electron chi connectivity index (χ3n) is 6.62. The van der Waals surface area contributed by atoms with Crippen LogP contribution in [0.4, 0.5) is 4.79 Å². The van der Waals surface area contributed by atoms with E-state index in [-0.39, 0.29) is 17.8 Å². The number of aromatic carboxylic acids is 1. The fraction of sp³-hybridized carbons (Fsp3) is 0.348. The number of carboxylic acids is 1. The first-order valence-electron chi connectivity index (χ1n) is 10.4. The normalized spacial score (nSPS) is 23.7. The lowest BCUT2D eigenvalue weighted by molar-refractivity contribution is -0.0439. The highest BCUT2D eigenvalue weighted by Crippen LogP contribution is 2.47. The molecule has 1 amide bonds. The van der Waals surface area contributed by atoms with Crippen LogP contribution in [0.15, 0.2) is 42.7 Å². The summed E-state index contributed by atoms with van der Waals surface area (Å²) in [6, 6.07) is 9.01. The van der Waals surface area contributed by atoms with Crippen LogP contribution in [-0.4, -0.2) is 50.7 Å². The van der Waals surface area contributed by atoms with Crippen molar-refractivity contribution in [3.8, 4) is 11.1 Å². The summed E-state index contributed by atoms with van der Waals surface area (Å²) in [6.45, 7) is 3.07. The average molecular weight is 420 g/mol. The van der Waals surface area contributed by atoms with Gasteiger partial charge in [-0.2, -0.15) is 0 Å². The number of para-hydroxylation sites is 1. The molecule has 1 saturated heterocycles. The molecule has 1 aliphatic carbocycles. The number of amides is 1. The van der Waals surface area contributed by atoms with Gasteiger partial charge in [-0.05, 0) is 55.5 Å². The van der Waals surface area contributed by atoms with E-state index in [1.807, 2.05) is 25.1 Å². The summed E-state index contributed by atoms with van der Waals surface area (Å²) in [5.74, 6) is -0.639. The van der Waals surface area contributed by atoms with Crippen LogP contribution in [-0.2, 0) is 4.74 Å². The summed E-state index contributed by atoms with van der Waals surface area (Å²) in [5, 5.41) is 10.6. The van der Waals surface area contributed by atoms with Crippen molar-refractivity contribution < 1.29 is 19.4 Å². The number of ether oxygens (including phenoxy) is 1. The molecule has 1 aliphatic heterocycles. The number of carbonyl (C=O) groups excluding carboxylic acids is 1. The molecule has 160 valence electrons. The molecule has 8 heteroatoms. The molecule has 1 aromatic carbocycles. The Morgan fingerprint density at radius 1 is 1.35 bits per heavy atom. The monoisotopic (exact) mass is 420 g/mol. The molecule has 8 nitrogen and oxygen atoms in total. The smallest absolute Gasteiger partial charge is 0.411 e. The number of fused-ring (bicyclic) bond motifs is 1. The number of hydrogen-bond donors (Lipinski definition) is 3. The van der Waals surface area contributed by atoms with Gasteiger partial charge < -0.3 is 20.6 Å². The first kappa shape index (κ1) is 19.6. The van der Waals surface area contributed by atoms with Crippen LogP contribution in [0.3, 0.4) is 0 Å². The fourth-order valence-corrected chi connectivity index (χ4v) is 5.05. The molecule has 3 heterocycles. The van der Waals surface area contributed by atoms with Crippen LogP contribution in [0, 0.1) is 5.92 Å². The molecule has 3 aromatic rings. The number of carboxylic acid groups (broad SMARTS) is 1. The maximum absolute atomic E-state index is 12.7. The number of aromatic amines is 1. The highest BCUT2D eigenvalue weighted by molar-refractivity contribution is 6.08. The van der Waals surface area contributed by atoms with Crippen LogP contribution >= 0.6 is 0 Å². The standard InChI is InChI=1S/C23H24N4O4/c1-13(27-12-23(31-22(27)30)9-14(10-23)11-24)16-3-2-4-17-18(15-5-7-25-8-6-15)20(21(28)29)26-19(16)17/h2-8,13-14,26H,9-12,24H2,1H3,(H,28,29)/t13-,14?,23?/m0/s1. The van der Waals surface area contributed by atoms with E-state index in [9.17, 15) is 14.7 Å². The third-order valence-corrected chi connectivity index (χ3v) is 6.62. The van der Waals surface area contributed by atoms with Gasteiger partial charge in [0.1, 0.15) is 11.3 Å². The van der Waals surface area contributed by atoms with E-state index in [2.05, 4.69) is 9.97 Å². The van der Waals surface area contributed by atoms with Crippen LogP contribution in [0.5, 0.6) is 0 Å². The number of aromatic nitrogens is 2. The predicted octanol–water partition coefficient (Wildman–Crippen LogP) is 3.55. The van der Waals surface area contributed by atoms with Crippen molar-refractivity contribution in [2.45, 2.75) is 31.4 Å². The number of H-pyrrole nitrogens is 1. The minimum absolute atomic E-state index is 0.117. The molecule has 31 heavy (non-hydrogen) atoms. The fourth-order valence-electron chi connectivity index (χ4n) is 5.05. The summed E-state index contributed by atoms with van der Waals surface area (Å²) in [6.07, 6.45) is 4.53. The molecule has 1 saturated carbocycles. The van der Waals surface area contributed by atoms with Gasteiger partial charge in [0, 0.05) is 23.3 Å². The van der Waals surface area contributed by atoms with Crippen molar-refractivity contribution in [2.75, 3.05) is 13.1 Å². The molecule has 4 N–H and O–H groups in total. The summed E-state index contributed by atoms with van der Waals surface area (Å²) >= 11 is 0. The van der Waals surface area contributed by atoms with Gasteiger partial charge in [-0.25, -0.2) is 9.59 Å². The average Bonchev–Trinajstić information content (AvgIpc) is 3.31. The van der Waals surface area contributed by atoms with E-state index in [1.54, 1.807) is 29.4 Å². The molecule has 2 fully saturated rings. The van der Waals surface area contributed by atoms with Gasteiger partial charge in [0.15, 0.2) is 0 Å². The van der Waals surface area contributed by atoms with Gasteiger partial charge in [0.05, 0.1) is 18.1 Å². The Morgan fingerprint density at radius 2 is 2.10 bits per heavy atom. The number of nitrogens with one attached hydrogen (secondary N) is 1. The maximum Gasteiger partial charge on any atom is 0.411 e. The number of nitrogens with zero attached hydrogens (tertiary/aromatic N) is 2. The lowest BCUT2D eigenvalue weighted by Gasteiger charge is -2.42. The molecule has 0 unspecified atom stereocenters. The zero-order chi connectivity index (χ0) is 21.8. The van der Waals surface area contributed by atoms with Gasteiger partial charge in [-0.1, -0.05) is 18.2 Å². The van der Waals surface area contributed by atoms with Crippen molar-refractivity contribution in [3.05, 3.63) is 54.0 Å². The Balaban J connectivity index is 1.55. The Morgan fingerprint density at radius 3 is 2.77 bits per heavy atom. The highest BCUT2D eigenvalue weighted by atomic mass is 16.6. The molecule has 2 aromatic heterocycles. The third kappa shape index (κ3) is 3.06. The van der Waals surface area contributed by atoms with Crippen molar-refractivity contribution in [3.63, 3.8) is 0 Å². The lowest BCUT2D eigenvalue weighted by Crippen LogP contribution is -2.49. The van der Waals surface area contributed by atoms with Crippen molar-refractivity contribution in [1.29, 1.82) is 0 Å². The van der Waals surface area contributed by atoms with Crippen molar-refractivity contribution in [1.82, 2.24) is 14.9 Å². The molecule has 0 radical (unpaired) electrons. The van der Waals surface area contributed by atoms with Gasteiger partial charge in [0.25, 0.3) is 0 Å². The first-order valence-corrected chi connectivity index (χ1v) is 10.4. The van der Waals surface area contributed by atoms with Crippen LogP contribution < -0.4 is 5.73 Å². The minimum Gasteiger partial charge on any atom is -0.477 e. The van der Waals surface area contributed by atoms with Crippen molar-refractivity contribution >= 4 is 23.0 Å². The summed E-state index contributed by atoms with van der Waals surface area (Å²) < 4.78 is 5.74. The zero-order valence-electron chi connectivity index (χ0n) is 17.2. The Hall–Kier alpha value is -3.39. The minimum atomic E-state index is -1.04. The molecule has 2 aliphatic rings. The molecule has 1 spiro atoms. The van der Waals surface area contributed by atoms with E-state index in [0.717, 1.165) is 29.4 Å². The molecule has 0 bridgehead atoms. The number of carbonyl (C=O) groups is 2. The number of hydrogen-bond acceptors (Lipinski definition) is 5. The summed E-state index contributed by atoms with van der Waals surface area (Å²) in [7, 11) is 0. The van der Waals surface area contributed by atoms with E-state index in [1.165, 1.54) is 0 Å². The summed E-state index contributed by atoms with van der Waals surface area (Å²) in [5.41, 5.74) is 8.37. The van der Waals surface area contributed by atoms with Crippen LogP contribution in [0.25, 0.3) is 22.0 Å². The topological polar surface area (TPSA) is 122 Å². The Bertz CT molecular complexity index is 1170. The molecular formula is C23H24N4O4. The second kappa shape index (κ2) is 7.09. The molecular weight excluding hydrogens is 396 g/mol. The lowest BCUT2D eigenvalue weighted by atomic mass is 9.71. The zero-order valence-corrected chi connectivity index (χ0v) is 17.2. The Kier molecular flexibility index (Phi) is 4.48. The molecule has 1 atom stereocenters. The first-order chi connectivity index (χ1) is 14.9. The molecule has 5 rings (SSSR count). The van der Waals surface area contributed by atoms with Crippen LogP contribution in [0.2, 0.25) is 0 Å². The van der Waals surface area contributed by atoms with E-state index >= 15 is 0 Å². The van der Waals surface area contributed by atoms with Gasteiger partial charge in [-0.3, -0.25) is 9.88 Å². The second-order valence-corrected chi connectivity index (χ2v) is 8.55. The van der Waals surface area contributed by atoms with Crippen LogP contribution in [0.1, 0.15) is 41.9 Å². The van der Waals surface area contributed by atoms with E-state index < -0.39 is 11.6 Å². The quantitative estimate of drug-likeness (QED) is 0.580. The SMILES string of the molecule is C[C@@H](c1cccc2c(-c3ccncc3)c(C(=O)O)[nH]c12)N1CC2(CC(CN)C2)OC1=O. The summed E-state index contributed by atoms with van der Waals surface area (Å²) in [4.78, 5) is 33.6. The van der Waals surface area contributed by atoms with Gasteiger partial charge >= 0.3 is 12.1 Å². The van der Waals surface area contributed by atoms with Gasteiger partial charge in [-0.15, -0.1) is 0 Å². The Labute approximate surface area is 179 Å². The number of nitrogens with two attached hydrogens (primary N) is 1. The van der Waals surface area contributed by atoms with E-state index in [4.69, 9.17) is 10.5 Å². The predicted molar refractivity (Wildman–Crippen MR) is 115 cm³/mol. The largest absolute Gasteiger partial charge is 0.477 e. The van der Waals surface area contributed by atoms with E-state index in [0.29, 0.717) is 30.1 Å². The van der Waals surface area contributed by atoms with Crippen molar-refractivity contribution in [2.24, 2.45) is 11.7 Å². The number of rotatable bonds is 5. The number of benzene rings is 1. The second-order valence-electron chi connectivity index (χ2n) is 8.55.